The first-order valence-electron chi connectivity index (χ1n) is 10.3. The maximum atomic E-state index is 13.5. The molecule has 1 aromatic heterocycles. The molecule has 178 valence electrons. The van der Waals surface area contributed by atoms with Gasteiger partial charge in [-0.05, 0) is 39.8 Å². The van der Waals surface area contributed by atoms with Gasteiger partial charge in [-0.2, -0.15) is 18.3 Å². The molecule has 11 heteroatoms. The largest absolute Gasteiger partial charge is 0.444 e. The Bertz CT molecular complexity index is 1110. The number of amides is 2. The number of piperazine rings is 1. The minimum Gasteiger partial charge on any atom is -0.444 e. The zero-order chi connectivity index (χ0) is 24.6. The van der Waals surface area contributed by atoms with Crippen LogP contribution in [0.15, 0.2) is 35.1 Å². The standard InChI is InChI=1S/C22H25F3N4O4/c1-14-13-17(30)18(26-29(14)16-8-6-5-7-15(16)22(23,24)25)19(31)27-9-11-28(12-10-27)20(32)33-21(2,3)4/h5-8,13H,9-12H2,1-4H3. The van der Waals surface area contributed by atoms with Crippen LogP contribution in [0.1, 0.15) is 42.5 Å². The SMILES string of the molecule is Cc1cc(=O)c(C(=O)N2CCN(C(=O)OC(C)(C)C)CC2)nn1-c1ccccc1C(F)(F)F. The second-order valence-corrected chi connectivity index (χ2v) is 8.68. The van der Waals surface area contributed by atoms with Crippen LogP contribution in [0.3, 0.4) is 0 Å². The fraction of sp³-hybridized carbons (Fsp3) is 0.455. The first kappa shape index (κ1) is 24.3. The summed E-state index contributed by atoms with van der Waals surface area (Å²) in [4.78, 5) is 40.5. The topological polar surface area (TPSA) is 84.7 Å². The number of ether oxygens (including phenoxy) is 1. The molecule has 8 nitrogen and oxygen atoms in total. The molecule has 2 heterocycles. The van der Waals surface area contributed by atoms with Crippen LogP contribution < -0.4 is 5.43 Å². The minimum absolute atomic E-state index is 0.131. The Labute approximate surface area is 188 Å². The maximum Gasteiger partial charge on any atom is 0.418 e. The van der Waals surface area contributed by atoms with Gasteiger partial charge in [-0.25, -0.2) is 9.48 Å². The van der Waals surface area contributed by atoms with E-state index in [1.807, 2.05) is 0 Å². The lowest BCUT2D eigenvalue weighted by Gasteiger charge is -2.35. The lowest BCUT2D eigenvalue weighted by Crippen LogP contribution is -2.52. The molecule has 1 fully saturated rings. The average Bonchev–Trinajstić information content (AvgIpc) is 2.72. The molecule has 1 aliphatic heterocycles. The van der Waals surface area contributed by atoms with Gasteiger partial charge in [-0.3, -0.25) is 9.59 Å². The smallest absolute Gasteiger partial charge is 0.418 e. The van der Waals surface area contributed by atoms with Gasteiger partial charge < -0.3 is 14.5 Å². The zero-order valence-corrected chi connectivity index (χ0v) is 18.8. The summed E-state index contributed by atoms with van der Waals surface area (Å²) in [5, 5.41) is 4.00. The Hall–Kier alpha value is -3.37. The predicted octanol–water partition coefficient (Wildman–Crippen LogP) is 3.25. The zero-order valence-electron chi connectivity index (χ0n) is 18.8. The number of aromatic nitrogens is 2. The van der Waals surface area contributed by atoms with Gasteiger partial charge >= 0.3 is 12.3 Å². The van der Waals surface area contributed by atoms with Crippen molar-refractivity contribution < 1.29 is 27.5 Å². The molecule has 0 N–H and O–H groups in total. The molecule has 1 aliphatic rings. The number of para-hydroxylation sites is 1. The molecule has 0 aliphatic carbocycles. The predicted molar refractivity (Wildman–Crippen MR) is 113 cm³/mol. The van der Waals surface area contributed by atoms with E-state index < -0.39 is 40.5 Å². The van der Waals surface area contributed by atoms with Crippen LogP contribution in [0, 0.1) is 6.92 Å². The first-order chi connectivity index (χ1) is 15.3. The third-order valence-corrected chi connectivity index (χ3v) is 4.97. The van der Waals surface area contributed by atoms with Gasteiger partial charge in [0.2, 0.25) is 5.43 Å². The average molecular weight is 466 g/mol. The summed E-state index contributed by atoms with van der Waals surface area (Å²) in [7, 11) is 0. The van der Waals surface area contributed by atoms with Crippen molar-refractivity contribution in [3.05, 3.63) is 57.5 Å². The van der Waals surface area contributed by atoms with E-state index in [1.165, 1.54) is 34.9 Å². The van der Waals surface area contributed by atoms with Crippen molar-refractivity contribution in [3.8, 4) is 5.69 Å². The van der Waals surface area contributed by atoms with Crippen LogP contribution in [-0.4, -0.2) is 63.4 Å². The van der Waals surface area contributed by atoms with Gasteiger partial charge in [0.15, 0.2) is 5.69 Å². The molecule has 2 aromatic rings. The molecule has 0 atom stereocenters. The van der Waals surface area contributed by atoms with Crippen molar-refractivity contribution in [1.82, 2.24) is 19.6 Å². The van der Waals surface area contributed by atoms with Crippen molar-refractivity contribution in [1.29, 1.82) is 0 Å². The van der Waals surface area contributed by atoms with Crippen LogP contribution in [0.2, 0.25) is 0 Å². The second kappa shape index (κ2) is 8.87. The highest BCUT2D eigenvalue weighted by Gasteiger charge is 2.35. The van der Waals surface area contributed by atoms with Gasteiger partial charge in [0.25, 0.3) is 5.91 Å². The number of benzene rings is 1. The van der Waals surface area contributed by atoms with Crippen LogP contribution in [-0.2, 0) is 10.9 Å². The number of hydrogen-bond donors (Lipinski definition) is 0. The molecule has 33 heavy (non-hydrogen) atoms. The molecule has 2 amide bonds. The number of carbonyl (C=O) groups is 2. The number of alkyl halides is 3. The van der Waals surface area contributed by atoms with Gasteiger partial charge in [0.05, 0.1) is 11.3 Å². The van der Waals surface area contributed by atoms with Gasteiger partial charge in [-0.1, -0.05) is 12.1 Å². The Balaban J connectivity index is 1.85. The molecule has 3 rings (SSSR count). The molecule has 0 unspecified atom stereocenters. The van der Waals surface area contributed by atoms with Crippen molar-refractivity contribution in [3.63, 3.8) is 0 Å². The van der Waals surface area contributed by atoms with E-state index in [1.54, 1.807) is 20.8 Å². The van der Waals surface area contributed by atoms with Crippen LogP contribution in [0.25, 0.3) is 5.69 Å². The lowest BCUT2D eigenvalue weighted by molar-refractivity contribution is -0.137. The first-order valence-corrected chi connectivity index (χ1v) is 10.3. The summed E-state index contributed by atoms with van der Waals surface area (Å²) in [6, 6.07) is 5.89. The summed E-state index contributed by atoms with van der Waals surface area (Å²) < 4.78 is 46.7. The van der Waals surface area contributed by atoms with E-state index in [4.69, 9.17) is 4.74 Å². The highest BCUT2D eigenvalue weighted by atomic mass is 19.4. The van der Waals surface area contributed by atoms with Crippen molar-refractivity contribution >= 4 is 12.0 Å². The number of nitrogens with zero attached hydrogens (tertiary/aromatic N) is 4. The Morgan fingerprint density at radius 3 is 2.15 bits per heavy atom. The number of carbonyl (C=O) groups excluding carboxylic acids is 2. The summed E-state index contributed by atoms with van der Waals surface area (Å²) in [6.45, 7) is 7.32. The van der Waals surface area contributed by atoms with Crippen molar-refractivity contribution in [2.75, 3.05) is 26.2 Å². The number of aryl methyl sites for hydroxylation is 1. The second-order valence-electron chi connectivity index (χ2n) is 8.68. The summed E-state index contributed by atoms with van der Waals surface area (Å²) in [5.74, 6) is -0.706. The van der Waals surface area contributed by atoms with E-state index in [0.29, 0.717) is 0 Å². The molecule has 0 spiro atoms. The quantitative estimate of drug-likeness (QED) is 0.679. The third-order valence-electron chi connectivity index (χ3n) is 4.97. The molecule has 1 saturated heterocycles. The van der Waals surface area contributed by atoms with Gasteiger partial charge in [0.1, 0.15) is 5.60 Å². The van der Waals surface area contributed by atoms with Gasteiger partial charge in [-0.15, -0.1) is 0 Å². The minimum atomic E-state index is -4.64. The Morgan fingerprint density at radius 1 is 1.00 bits per heavy atom. The molecule has 0 bridgehead atoms. The van der Waals surface area contributed by atoms with E-state index in [0.717, 1.165) is 16.8 Å². The fourth-order valence-electron chi connectivity index (χ4n) is 3.41. The Morgan fingerprint density at radius 2 is 1.58 bits per heavy atom. The van der Waals surface area contributed by atoms with E-state index in [2.05, 4.69) is 5.10 Å². The fourth-order valence-corrected chi connectivity index (χ4v) is 3.41. The molecule has 0 saturated carbocycles. The monoisotopic (exact) mass is 466 g/mol. The summed E-state index contributed by atoms with van der Waals surface area (Å²) in [5.41, 5.74) is -2.90. The lowest BCUT2D eigenvalue weighted by atomic mass is 10.1. The van der Waals surface area contributed by atoms with E-state index in [9.17, 15) is 27.6 Å². The van der Waals surface area contributed by atoms with Crippen molar-refractivity contribution in [2.45, 2.75) is 39.5 Å². The normalized spacial score (nSPS) is 14.9. The molecule has 1 aromatic carbocycles. The number of rotatable bonds is 2. The van der Waals surface area contributed by atoms with Gasteiger partial charge in [0, 0.05) is 37.9 Å². The van der Waals surface area contributed by atoms with Crippen LogP contribution in [0.4, 0.5) is 18.0 Å². The highest BCUT2D eigenvalue weighted by Crippen LogP contribution is 2.33. The maximum absolute atomic E-state index is 13.5. The molecular formula is C22H25F3N4O4. The summed E-state index contributed by atoms with van der Waals surface area (Å²) in [6.07, 6.45) is -5.15. The van der Waals surface area contributed by atoms with Crippen molar-refractivity contribution in [2.24, 2.45) is 0 Å². The summed E-state index contributed by atoms with van der Waals surface area (Å²) >= 11 is 0. The Kier molecular flexibility index (Phi) is 6.53. The molecular weight excluding hydrogens is 441 g/mol. The van der Waals surface area contributed by atoms with Crippen LogP contribution in [0.5, 0.6) is 0 Å². The molecule has 0 radical (unpaired) electrons. The highest BCUT2D eigenvalue weighted by molar-refractivity contribution is 5.92. The van der Waals surface area contributed by atoms with E-state index in [-0.39, 0.29) is 37.6 Å². The van der Waals surface area contributed by atoms with E-state index >= 15 is 0 Å². The third kappa shape index (κ3) is 5.52. The number of hydrogen-bond acceptors (Lipinski definition) is 5. The van der Waals surface area contributed by atoms with Crippen LogP contribution >= 0.6 is 0 Å². The number of halogens is 3.